The molecular formula is C23H31N7O4. The summed E-state index contributed by atoms with van der Waals surface area (Å²) in [6.45, 7) is 2.44. The molecule has 2 fully saturated rings. The number of hydrogen-bond acceptors (Lipinski definition) is 9. The third-order valence-electron chi connectivity index (χ3n) is 7.69. The van der Waals surface area contributed by atoms with Gasteiger partial charge in [0.15, 0.2) is 5.82 Å². The van der Waals surface area contributed by atoms with Gasteiger partial charge >= 0.3 is 5.97 Å². The van der Waals surface area contributed by atoms with Gasteiger partial charge in [0.1, 0.15) is 12.9 Å². The Balaban J connectivity index is 1.41. The quantitative estimate of drug-likeness (QED) is 0.174. The van der Waals surface area contributed by atoms with Crippen LogP contribution in [0.5, 0.6) is 0 Å². The Morgan fingerprint density at radius 3 is 2.62 bits per heavy atom. The maximum absolute atomic E-state index is 13.4. The second-order valence-corrected chi connectivity index (χ2v) is 9.25. The van der Waals surface area contributed by atoms with Gasteiger partial charge in [-0.25, -0.2) is 9.78 Å². The molecule has 0 unspecified atom stereocenters. The number of rotatable bonds is 8. The summed E-state index contributed by atoms with van der Waals surface area (Å²) < 4.78 is 5.11. The molecule has 0 radical (unpaired) electrons. The molecule has 1 saturated carbocycles. The standard InChI is InChI=1S/C23H31N7O4/c1-15-19(13-34-21(15)32)29-10-9-23(22(29)33)7-5-17(6-8-23)28(2)18(12-31)16-3-4-20(26-11-16)30(14-24)27-25/h3-4,11,14,17-18,24-25,31H,5-10,12-13H2,1-2H3/t17?,18-,23?/m0/s1. The van der Waals surface area contributed by atoms with Gasteiger partial charge < -0.3 is 14.7 Å². The fourth-order valence-corrected chi connectivity index (χ4v) is 5.45. The van der Waals surface area contributed by atoms with E-state index < -0.39 is 0 Å². The zero-order valence-electron chi connectivity index (χ0n) is 19.5. The summed E-state index contributed by atoms with van der Waals surface area (Å²) in [6.07, 6.45) is 6.55. The Labute approximate surface area is 198 Å². The van der Waals surface area contributed by atoms with Gasteiger partial charge in [0.25, 0.3) is 0 Å². The van der Waals surface area contributed by atoms with Gasteiger partial charge in [-0.15, -0.1) is 0 Å². The Kier molecular flexibility index (Phi) is 6.76. The number of pyridine rings is 1. The predicted molar refractivity (Wildman–Crippen MR) is 123 cm³/mol. The average molecular weight is 470 g/mol. The molecule has 11 nitrogen and oxygen atoms in total. The summed E-state index contributed by atoms with van der Waals surface area (Å²) in [5.41, 5.74) is 8.79. The van der Waals surface area contributed by atoms with E-state index in [1.54, 1.807) is 24.1 Å². The minimum Gasteiger partial charge on any atom is -0.456 e. The lowest BCUT2D eigenvalue weighted by molar-refractivity contribution is -0.138. The largest absolute Gasteiger partial charge is 0.456 e. The van der Waals surface area contributed by atoms with Crippen molar-refractivity contribution in [1.29, 1.82) is 10.9 Å². The molecule has 1 saturated heterocycles. The number of ether oxygens (including phenoxy) is 1. The van der Waals surface area contributed by atoms with Crippen LogP contribution in [0.15, 0.2) is 34.8 Å². The van der Waals surface area contributed by atoms with Crippen molar-refractivity contribution in [3.8, 4) is 0 Å². The third-order valence-corrected chi connectivity index (χ3v) is 7.69. The summed E-state index contributed by atoms with van der Waals surface area (Å²) in [5.74, 6) is 0.123. The number of anilines is 1. The molecule has 11 heteroatoms. The summed E-state index contributed by atoms with van der Waals surface area (Å²) in [7, 11) is 1.99. The summed E-state index contributed by atoms with van der Waals surface area (Å²) in [4.78, 5) is 33.3. The van der Waals surface area contributed by atoms with E-state index in [4.69, 9.17) is 15.7 Å². The number of amides is 1. The number of carbonyl (C=O) groups is 2. The summed E-state index contributed by atoms with van der Waals surface area (Å²) in [5, 5.41) is 21.7. The van der Waals surface area contributed by atoms with Crippen LogP contribution >= 0.6 is 0 Å². The summed E-state index contributed by atoms with van der Waals surface area (Å²) in [6, 6.07) is 3.45. The molecule has 182 valence electrons. The number of esters is 1. The fraction of sp³-hybridized carbons (Fsp3) is 0.565. The molecule has 3 aliphatic rings. The SMILES string of the molecule is CC1=C(N2CCC3(CCC(N(C)[C@@H](CO)c4ccc(N(C=N)N=N)nc4)CC3)C2=O)COC1=O. The monoisotopic (exact) mass is 469 g/mol. The van der Waals surface area contributed by atoms with E-state index in [9.17, 15) is 14.7 Å². The number of nitrogens with one attached hydrogen (secondary N) is 2. The minimum atomic E-state index is -0.385. The molecule has 1 atom stereocenters. The molecule has 1 spiro atoms. The number of hydrogen-bond donors (Lipinski definition) is 3. The first-order valence-corrected chi connectivity index (χ1v) is 11.5. The smallest absolute Gasteiger partial charge is 0.336 e. The van der Waals surface area contributed by atoms with Crippen LogP contribution in [0.4, 0.5) is 5.82 Å². The van der Waals surface area contributed by atoms with Crippen LogP contribution < -0.4 is 5.01 Å². The van der Waals surface area contributed by atoms with Gasteiger partial charge in [-0.05, 0) is 57.7 Å². The zero-order chi connectivity index (χ0) is 24.5. The number of cyclic esters (lactones) is 1. The number of aromatic nitrogens is 1. The lowest BCUT2D eigenvalue weighted by atomic mass is 9.71. The van der Waals surface area contributed by atoms with Gasteiger partial charge in [-0.3, -0.25) is 15.1 Å². The highest BCUT2D eigenvalue weighted by molar-refractivity contribution is 5.94. The number of nitrogens with zero attached hydrogens (tertiary/aromatic N) is 5. The molecule has 1 aromatic rings. The number of carbonyl (C=O) groups excluding carboxylic acids is 2. The van der Waals surface area contributed by atoms with Crippen LogP contribution in [0, 0.1) is 16.4 Å². The minimum absolute atomic E-state index is 0.0789. The molecule has 0 bridgehead atoms. The van der Waals surface area contributed by atoms with Crippen molar-refractivity contribution in [2.45, 2.75) is 51.1 Å². The van der Waals surface area contributed by atoms with Gasteiger partial charge in [0.05, 0.1) is 29.3 Å². The molecule has 1 aliphatic carbocycles. The highest BCUT2D eigenvalue weighted by atomic mass is 16.5. The lowest BCUT2D eigenvalue weighted by Crippen LogP contribution is -2.44. The number of aliphatic hydroxyl groups excluding tert-OH is 1. The number of likely N-dealkylation sites (tertiary alicyclic amines) is 1. The van der Waals surface area contributed by atoms with Crippen LogP contribution in [0.2, 0.25) is 0 Å². The second-order valence-electron chi connectivity index (χ2n) is 9.25. The van der Waals surface area contributed by atoms with E-state index >= 15 is 0 Å². The van der Waals surface area contributed by atoms with Crippen molar-refractivity contribution >= 4 is 24.0 Å². The molecule has 2 aliphatic heterocycles. The summed E-state index contributed by atoms with van der Waals surface area (Å²) >= 11 is 0. The van der Waals surface area contributed by atoms with Crippen LogP contribution in [0.1, 0.15) is 50.6 Å². The van der Waals surface area contributed by atoms with Crippen molar-refractivity contribution in [2.24, 2.45) is 10.6 Å². The Bertz CT molecular complexity index is 993. The zero-order valence-corrected chi connectivity index (χ0v) is 19.5. The predicted octanol–water partition coefficient (Wildman–Crippen LogP) is 2.40. The number of aliphatic hydroxyl groups is 1. The normalized spacial score (nSPS) is 25.8. The van der Waals surface area contributed by atoms with E-state index in [1.807, 2.05) is 13.1 Å². The van der Waals surface area contributed by atoms with Crippen molar-refractivity contribution in [3.05, 3.63) is 35.2 Å². The van der Waals surface area contributed by atoms with E-state index in [1.165, 1.54) is 0 Å². The van der Waals surface area contributed by atoms with Crippen LogP contribution in [-0.4, -0.2) is 71.0 Å². The van der Waals surface area contributed by atoms with Gasteiger partial charge in [-0.2, -0.15) is 10.5 Å². The lowest BCUT2D eigenvalue weighted by Gasteiger charge is -2.42. The van der Waals surface area contributed by atoms with Crippen molar-refractivity contribution in [1.82, 2.24) is 14.8 Å². The van der Waals surface area contributed by atoms with E-state index in [0.717, 1.165) is 49.0 Å². The van der Waals surface area contributed by atoms with Crippen LogP contribution in [0.3, 0.4) is 0 Å². The Morgan fingerprint density at radius 2 is 2.09 bits per heavy atom. The Morgan fingerprint density at radius 1 is 1.35 bits per heavy atom. The first kappa shape index (κ1) is 24.0. The molecule has 0 aromatic carbocycles. The van der Waals surface area contributed by atoms with Gasteiger partial charge in [0, 0.05) is 18.8 Å². The third kappa shape index (κ3) is 4.09. The van der Waals surface area contributed by atoms with E-state index in [-0.39, 0.29) is 42.6 Å². The van der Waals surface area contributed by atoms with Crippen molar-refractivity contribution < 1.29 is 19.4 Å². The average Bonchev–Trinajstić information content (AvgIpc) is 3.35. The van der Waals surface area contributed by atoms with Crippen LogP contribution in [0.25, 0.3) is 0 Å². The fourth-order valence-electron chi connectivity index (χ4n) is 5.45. The molecule has 3 heterocycles. The molecule has 1 aromatic heterocycles. The van der Waals surface area contributed by atoms with Gasteiger partial charge in [-0.1, -0.05) is 11.3 Å². The van der Waals surface area contributed by atoms with E-state index in [2.05, 4.69) is 15.1 Å². The van der Waals surface area contributed by atoms with E-state index in [0.29, 0.717) is 23.6 Å². The van der Waals surface area contributed by atoms with Gasteiger partial charge in [0.2, 0.25) is 5.91 Å². The van der Waals surface area contributed by atoms with Crippen molar-refractivity contribution in [2.75, 3.05) is 31.8 Å². The van der Waals surface area contributed by atoms with Crippen molar-refractivity contribution in [3.63, 3.8) is 0 Å². The Hall–Kier alpha value is -3.18. The topological polar surface area (TPSA) is 146 Å². The first-order chi connectivity index (χ1) is 16.3. The number of likely N-dealkylation sites (N-methyl/N-ethyl adjacent to an activating group) is 1. The molecular weight excluding hydrogens is 438 g/mol. The maximum Gasteiger partial charge on any atom is 0.336 e. The first-order valence-electron chi connectivity index (χ1n) is 11.5. The molecule has 3 N–H and O–H groups in total. The highest BCUT2D eigenvalue weighted by Gasteiger charge is 2.50. The maximum atomic E-state index is 13.4. The molecule has 34 heavy (non-hydrogen) atoms. The molecule has 4 rings (SSSR count). The highest BCUT2D eigenvalue weighted by Crippen LogP contribution is 2.47. The van der Waals surface area contributed by atoms with Crippen LogP contribution in [-0.2, 0) is 14.3 Å². The second kappa shape index (κ2) is 9.59. The molecule has 1 amide bonds.